The van der Waals surface area contributed by atoms with E-state index < -0.39 is 0 Å². The maximum Gasteiger partial charge on any atom is -0.0352 e. The summed E-state index contributed by atoms with van der Waals surface area (Å²) in [6.45, 7) is 0. The summed E-state index contributed by atoms with van der Waals surface area (Å²) in [5.74, 6) is 2.10. The van der Waals surface area contributed by atoms with Crippen molar-refractivity contribution in [2.45, 2.75) is 57.8 Å². The molecule has 12 heavy (non-hydrogen) atoms. The minimum absolute atomic E-state index is 1.01. The van der Waals surface area contributed by atoms with Crippen LogP contribution in [0.2, 0.25) is 0 Å². The van der Waals surface area contributed by atoms with Crippen LogP contribution in [0.1, 0.15) is 57.8 Å². The van der Waals surface area contributed by atoms with Gasteiger partial charge in [-0.1, -0.05) is 44.9 Å². The van der Waals surface area contributed by atoms with Crippen LogP contribution >= 0.6 is 0 Å². The van der Waals surface area contributed by atoms with Gasteiger partial charge in [-0.3, -0.25) is 0 Å². The Balaban J connectivity index is 1.80. The summed E-state index contributed by atoms with van der Waals surface area (Å²) in [6.07, 6.45) is 16.1. The molecule has 2 aliphatic carbocycles. The number of hydrogen-bond donors (Lipinski definition) is 0. The lowest BCUT2D eigenvalue weighted by Gasteiger charge is -2.32. The van der Waals surface area contributed by atoms with Crippen LogP contribution in [0.4, 0.5) is 0 Å². The molecule has 2 saturated carbocycles. The van der Waals surface area contributed by atoms with E-state index in [1.54, 1.807) is 0 Å². The first-order valence-electron chi connectivity index (χ1n) is 5.80. The Morgan fingerprint density at radius 1 is 0.750 bits per heavy atom. The molecule has 0 unspecified atom stereocenters. The molecular weight excluding hydrogens is 144 g/mol. The van der Waals surface area contributed by atoms with E-state index in [-0.39, 0.29) is 0 Å². The van der Waals surface area contributed by atoms with Gasteiger partial charge in [0.2, 0.25) is 0 Å². The molecule has 0 aromatic carbocycles. The van der Waals surface area contributed by atoms with Crippen LogP contribution in [0.5, 0.6) is 0 Å². The maximum atomic E-state index is 2.62. The largest absolute Gasteiger partial charge is 0.0533 e. The third kappa shape index (κ3) is 2.02. The van der Waals surface area contributed by atoms with Gasteiger partial charge >= 0.3 is 0 Å². The van der Waals surface area contributed by atoms with Gasteiger partial charge in [0.1, 0.15) is 0 Å². The molecule has 0 spiro atoms. The molecule has 0 heteroatoms. The molecule has 2 rings (SSSR count). The van der Waals surface area contributed by atoms with Crippen LogP contribution in [0.15, 0.2) is 0 Å². The zero-order valence-electron chi connectivity index (χ0n) is 8.10. The zero-order chi connectivity index (χ0) is 8.23. The average Bonchev–Trinajstić information content (AvgIpc) is 2.21. The Kier molecular flexibility index (Phi) is 3.08. The van der Waals surface area contributed by atoms with E-state index >= 15 is 0 Å². The minimum Gasteiger partial charge on any atom is -0.0533 e. The molecule has 1 radical (unpaired) electrons. The average molecular weight is 165 g/mol. The van der Waals surface area contributed by atoms with Gasteiger partial charge in [0.05, 0.1) is 0 Å². The van der Waals surface area contributed by atoms with Gasteiger partial charge in [-0.15, -0.1) is 0 Å². The monoisotopic (exact) mass is 165 g/mol. The van der Waals surface area contributed by atoms with Crippen LogP contribution in [0.3, 0.4) is 0 Å². The van der Waals surface area contributed by atoms with Gasteiger partial charge in [-0.25, -0.2) is 0 Å². The molecule has 0 amide bonds. The molecule has 2 fully saturated rings. The summed E-state index contributed by atoms with van der Waals surface area (Å²) in [6, 6.07) is 0. The lowest BCUT2D eigenvalue weighted by Crippen LogP contribution is -2.20. The van der Waals surface area contributed by atoms with Crippen molar-refractivity contribution < 1.29 is 0 Å². The molecule has 0 bridgehead atoms. The molecular formula is C12H21. The summed E-state index contributed by atoms with van der Waals surface area (Å²) in [5, 5.41) is 0. The quantitative estimate of drug-likeness (QED) is 0.551. The Morgan fingerprint density at radius 3 is 2.17 bits per heavy atom. The summed E-state index contributed by atoms with van der Waals surface area (Å²) in [7, 11) is 0. The van der Waals surface area contributed by atoms with Crippen LogP contribution in [0, 0.1) is 18.3 Å². The van der Waals surface area contributed by atoms with E-state index in [4.69, 9.17) is 0 Å². The molecule has 69 valence electrons. The minimum atomic E-state index is 1.01. The highest BCUT2D eigenvalue weighted by molar-refractivity contribution is 4.87. The fourth-order valence-corrected chi connectivity index (χ4v) is 2.96. The van der Waals surface area contributed by atoms with Gasteiger partial charge in [0.25, 0.3) is 0 Å². The van der Waals surface area contributed by atoms with Gasteiger partial charge in [0.15, 0.2) is 0 Å². The smallest absolute Gasteiger partial charge is 0.0352 e. The van der Waals surface area contributed by atoms with Crippen molar-refractivity contribution in [2.24, 2.45) is 11.8 Å². The number of hydrogen-bond acceptors (Lipinski definition) is 0. The van der Waals surface area contributed by atoms with Crippen molar-refractivity contribution in [3.63, 3.8) is 0 Å². The van der Waals surface area contributed by atoms with Crippen LogP contribution < -0.4 is 0 Å². The van der Waals surface area contributed by atoms with Crippen molar-refractivity contribution in [2.75, 3.05) is 0 Å². The third-order valence-electron chi connectivity index (χ3n) is 3.72. The van der Waals surface area contributed by atoms with E-state index in [1.807, 2.05) is 0 Å². The normalized spacial score (nSPS) is 29.0. The summed E-state index contributed by atoms with van der Waals surface area (Å²) >= 11 is 0. The first-order chi connectivity index (χ1) is 5.97. The highest BCUT2D eigenvalue weighted by Gasteiger charge is 2.24. The molecule has 0 aliphatic heterocycles. The van der Waals surface area contributed by atoms with Crippen molar-refractivity contribution in [1.82, 2.24) is 0 Å². The van der Waals surface area contributed by atoms with E-state index in [1.165, 1.54) is 57.8 Å². The van der Waals surface area contributed by atoms with Crippen molar-refractivity contribution in [3.8, 4) is 0 Å². The van der Waals surface area contributed by atoms with Gasteiger partial charge < -0.3 is 0 Å². The molecule has 1 atom stereocenters. The van der Waals surface area contributed by atoms with E-state index in [0.717, 1.165) is 11.8 Å². The molecule has 0 aromatic rings. The summed E-state index contributed by atoms with van der Waals surface area (Å²) in [4.78, 5) is 0. The van der Waals surface area contributed by atoms with Crippen LogP contribution in [-0.2, 0) is 0 Å². The number of rotatable bonds is 1. The second kappa shape index (κ2) is 4.30. The fourth-order valence-electron chi connectivity index (χ4n) is 2.96. The second-order valence-electron chi connectivity index (χ2n) is 4.58. The predicted molar refractivity (Wildman–Crippen MR) is 52.8 cm³/mol. The fraction of sp³-hybridized carbons (Fsp3) is 0.917. The summed E-state index contributed by atoms with van der Waals surface area (Å²) in [5.41, 5.74) is 0. The van der Waals surface area contributed by atoms with Gasteiger partial charge in [-0.05, 0) is 31.1 Å². The molecule has 0 heterocycles. The Bertz CT molecular complexity index is 100. The zero-order valence-corrected chi connectivity index (χ0v) is 8.10. The highest BCUT2D eigenvalue weighted by atomic mass is 14.3. The molecule has 0 saturated heterocycles. The first kappa shape index (κ1) is 8.59. The van der Waals surface area contributed by atoms with E-state index in [0.29, 0.717) is 0 Å². The lowest BCUT2D eigenvalue weighted by atomic mass is 9.73. The van der Waals surface area contributed by atoms with E-state index in [9.17, 15) is 0 Å². The second-order valence-corrected chi connectivity index (χ2v) is 4.58. The van der Waals surface area contributed by atoms with E-state index in [2.05, 4.69) is 6.42 Å². The SMILES string of the molecule is [CH]1CCCC[C@@H]1C1CCCCC1. The Morgan fingerprint density at radius 2 is 1.50 bits per heavy atom. The van der Waals surface area contributed by atoms with Crippen LogP contribution in [-0.4, -0.2) is 0 Å². The lowest BCUT2D eigenvalue weighted by molar-refractivity contribution is 0.239. The third-order valence-corrected chi connectivity index (χ3v) is 3.72. The predicted octanol–water partition coefficient (Wildman–Crippen LogP) is 3.96. The Hall–Kier alpha value is 0. The van der Waals surface area contributed by atoms with Crippen molar-refractivity contribution in [3.05, 3.63) is 6.42 Å². The molecule has 0 nitrogen and oxygen atoms in total. The van der Waals surface area contributed by atoms with Gasteiger partial charge in [-0.2, -0.15) is 0 Å². The summed E-state index contributed by atoms with van der Waals surface area (Å²) < 4.78 is 0. The maximum absolute atomic E-state index is 2.62. The topological polar surface area (TPSA) is 0 Å². The van der Waals surface area contributed by atoms with Crippen LogP contribution in [0.25, 0.3) is 0 Å². The van der Waals surface area contributed by atoms with Crippen molar-refractivity contribution >= 4 is 0 Å². The molecule has 0 aromatic heterocycles. The molecule has 0 N–H and O–H groups in total. The van der Waals surface area contributed by atoms with Crippen molar-refractivity contribution in [1.29, 1.82) is 0 Å². The Labute approximate surface area is 76.7 Å². The standard InChI is InChI=1S/C12H21/c1-3-7-11(8-4-1)12-9-5-2-6-10-12/h7,11-12H,1-6,8-10H2/t11-/m1/s1. The highest BCUT2D eigenvalue weighted by Crippen LogP contribution is 2.37. The first-order valence-corrected chi connectivity index (χ1v) is 5.80. The molecule has 2 aliphatic rings. The van der Waals surface area contributed by atoms with Gasteiger partial charge in [0, 0.05) is 0 Å².